The quantitative estimate of drug-likeness (QED) is 0.674. The molecule has 0 unspecified atom stereocenters. The van der Waals surface area contributed by atoms with E-state index in [1.165, 1.54) is 12.1 Å². The van der Waals surface area contributed by atoms with Gasteiger partial charge in [0.2, 0.25) is 22.7 Å². The number of hydrogen-bond acceptors (Lipinski definition) is 6. The van der Waals surface area contributed by atoms with Gasteiger partial charge in [-0.1, -0.05) is 18.2 Å². The standard InChI is InChI=1S/C19H23N3O5S/c1-22(11-15-4-7-17-18(10-15)27-13-26-17)12-19(23)21-9-8-14-2-5-16(6-3-14)28(20,24)25/h2-7,10H,8-9,11-13H2,1H3,(H,21,23)(H2,20,24,25). The van der Waals surface area contributed by atoms with Gasteiger partial charge in [-0.2, -0.15) is 0 Å². The van der Waals surface area contributed by atoms with Gasteiger partial charge in [-0.05, 0) is 48.9 Å². The van der Waals surface area contributed by atoms with Crippen LogP contribution in [0.3, 0.4) is 0 Å². The Morgan fingerprint density at radius 1 is 1.11 bits per heavy atom. The van der Waals surface area contributed by atoms with Crippen molar-refractivity contribution in [1.82, 2.24) is 10.2 Å². The average molecular weight is 405 g/mol. The first-order valence-electron chi connectivity index (χ1n) is 8.77. The van der Waals surface area contributed by atoms with E-state index in [9.17, 15) is 13.2 Å². The molecule has 28 heavy (non-hydrogen) atoms. The Morgan fingerprint density at radius 3 is 2.50 bits per heavy atom. The molecule has 0 bridgehead atoms. The molecule has 2 aromatic carbocycles. The summed E-state index contributed by atoms with van der Waals surface area (Å²) in [5.74, 6) is 1.38. The summed E-state index contributed by atoms with van der Waals surface area (Å²) < 4.78 is 33.1. The van der Waals surface area contributed by atoms with E-state index in [1.54, 1.807) is 12.1 Å². The molecule has 0 spiro atoms. The number of hydrogen-bond donors (Lipinski definition) is 2. The number of benzene rings is 2. The lowest BCUT2D eigenvalue weighted by Crippen LogP contribution is -2.35. The zero-order valence-corrected chi connectivity index (χ0v) is 16.4. The molecule has 0 aromatic heterocycles. The third-order valence-corrected chi connectivity index (χ3v) is 5.22. The molecule has 0 saturated heterocycles. The average Bonchev–Trinajstić information content (AvgIpc) is 3.09. The van der Waals surface area contributed by atoms with Gasteiger partial charge in [0.15, 0.2) is 11.5 Å². The minimum Gasteiger partial charge on any atom is -0.454 e. The number of nitrogens with one attached hydrogen (secondary N) is 1. The van der Waals surface area contributed by atoms with Crippen LogP contribution in [0.15, 0.2) is 47.4 Å². The van der Waals surface area contributed by atoms with Crippen LogP contribution in [0, 0.1) is 0 Å². The first kappa shape index (κ1) is 20.1. The predicted molar refractivity (Wildman–Crippen MR) is 103 cm³/mol. The number of nitrogens with zero attached hydrogens (tertiary/aromatic N) is 1. The van der Waals surface area contributed by atoms with Crippen molar-refractivity contribution in [3.8, 4) is 11.5 Å². The SMILES string of the molecule is CN(CC(=O)NCCc1ccc(S(N)(=O)=O)cc1)Cc1ccc2c(c1)OCO2. The monoisotopic (exact) mass is 405 g/mol. The van der Waals surface area contributed by atoms with Crippen LogP contribution in [0.5, 0.6) is 11.5 Å². The van der Waals surface area contributed by atoms with Gasteiger partial charge in [0.1, 0.15) is 0 Å². The van der Waals surface area contributed by atoms with Crippen LogP contribution < -0.4 is 19.9 Å². The third kappa shape index (κ3) is 5.44. The Morgan fingerprint density at radius 2 is 1.79 bits per heavy atom. The zero-order valence-electron chi connectivity index (χ0n) is 15.6. The Balaban J connectivity index is 1.41. The van der Waals surface area contributed by atoms with Crippen molar-refractivity contribution in [2.75, 3.05) is 26.9 Å². The summed E-state index contributed by atoms with van der Waals surface area (Å²) >= 11 is 0. The van der Waals surface area contributed by atoms with Gasteiger partial charge in [0.05, 0.1) is 11.4 Å². The Kier molecular flexibility index (Phi) is 6.18. The molecule has 8 nitrogen and oxygen atoms in total. The summed E-state index contributed by atoms with van der Waals surface area (Å²) in [7, 11) is -1.82. The van der Waals surface area contributed by atoms with Crippen molar-refractivity contribution >= 4 is 15.9 Å². The minimum absolute atomic E-state index is 0.0745. The molecular formula is C19H23N3O5S. The van der Waals surface area contributed by atoms with Gasteiger partial charge in [0, 0.05) is 13.1 Å². The van der Waals surface area contributed by atoms with Gasteiger partial charge < -0.3 is 14.8 Å². The summed E-state index contributed by atoms with van der Waals surface area (Å²) in [6, 6.07) is 12.1. The van der Waals surface area contributed by atoms with Crippen molar-refractivity contribution < 1.29 is 22.7 Å². The van der Waals surface area contributed by atoms with Crippen LogP contribution in [0.2, 0.25) is 0 Å². The van der Waals surface area contributed by atoms with Gasteiger partial charge in [-0.25, -0.2) is 13.6 Å². The molecule has 1 aliphatic rings. The minimum atomic E-state index is -3.69. The number of primary sulfonamides is 1. The molecule has 1 amide bonds. The summed E-state index contributed by atoms with van der Waals surface area (Å²) in [6.07, 6.45) is 0.600. The van der Waals surface area contributed by atoms with Crippen LogP contribution >= 0.6 is 0 Å². The van der Waals surface area contributed by atoms with E-state index in [0.29, 0.717) is 19.5 Å². The molecule has 0 atom stereocenters. The molecule has 2 aromatic rings. The van der Waals surface area contributed by atoms with E-state index in [4.69, 9.17) is 14.6 Å². The molecule has 0 fully saturated rings. The van der Waals surface area contributed by atoms with Crippen LogP contribution in [0.4, 0.5) is 0 Å². The van der Waals surface area contributed by atoms with Crippen LogP contribution in [-0.4, -0.2) is 46.2 Å². The number of carbonyl (C=O) groups is 1. The summed E-state index contributed by atoms with van der Waals surface area (Å²) in [4.78, 5) is 14.1. The van der Waals surface area contributed by atoms with E-state index < -0.39 is 10.0 Å². The fraction of sp³-hybridized carbons (Fsp3) is 0.316. The highest BCUT2D eigenvalue weighted by Crippen LogP contribution is 2.32. The molecule has 3 rings (SSSR count). The normalized spacial score (nSPS) is 13.0. The predicted octanol–water partition coefficient (Wildman–Crippen LogP) is 0.853. The maximum Gasteiger partial charge on any atom is 0.238 e. The van der Waals surface area contributed by atoms with Crippen LogP contribution in [0.1, 0.15) is 11.1 Å². The number of likely N-dealkylation sites (N-methyl/N-ethyl adjacent to an activating group) is 1. The summed E-state index contributed by atoms with van der Waals surface area (Å²) in [5.41, 5.74) is 1.95. The maximum absolute atomic E-state index is 12.1. The highest BCUT2D eigenvalue weighted by molar-refractivity contribution is 7.89. The molecule has 0 saturated carbocycles. The maximum atomic E-state index is 12.1. The van der Waals surface area contributed by atoms with Crippen LogP contribution in [-0.2, 0) is 27.8 Å². The third-order valence-electron chi connectivity index (χ3n) is 4.29. The fourth-order valence-corrected chi connectivity index (χ4v) is 3.42. The van der Waals surface area contributed by atoms with E-state index in [1.807, 2.05) is 30.1 Å². The second-order valence-corrected chi connectivity index (χ2v) is 8.21. The molecule has 1 aliphatic heterocycles. The topological polar surface area (TPSA) is 111 Å². The highest BCUT2D eigenvalue weighted by Gasteiger charge is 2.14. The first-order chi connectivity index (χ1) is 13.3. The molecule has 0 aliphatic carbocycles. The van der Waals surface area contributed by atoms with E-state index in [2.05, 4.69) is 5.32 Å². The van der Waals surface area contributed by atoms with Crippen molar-refractivity contribution in [3.63, 3.8) is 0 Å². The molecule has 9 heteroatoms. The van der Waals surface area contributed by atoms with Gasteiger partial charge >= 0.3 is 0 Å². The molecule has 1 heterocycles. The number of nitrogens with two attached hydrogens (primary N) is 1. The van der Waals surface area contributed by atoms with Crippen LogP contribution in [0.25, 0.3) is 0 Å². The van der Waals surface area contributed by atoms with Crippen molar-refractivity contribution in [2.45, 2.75) is 17.9 Å². The van der Waals surface area contributed by atoms with Crippen molar-refractivity contribution in [1.29, 1.82) is 0 Å². The lowest BCUT2D eigenvalue weighted by Gasteiger charge is -2.16. The largest absolute Gasteiger partial charge is 0.454 e. The second kappa shape index (κ2) is 8.59. The lowest BCUT2D eigenvalue weighted by atomic mass is 10.1. The highest BCUT2D eigenvalue weighted by atomic mass is 32.2. The van der Waals surface area contributed by atoms with E-state index in [-0.39, 0.29) is 24.1 Å². The molecule has 3 N–H and O–H groups in total. The smallest absolute Gasteiger partial charge is 0.238 e. The molecule has 0 radical (unpaired) electrons. The fourth-order valence-electron chi connectivity index (χ4n) is 2.90. The number of fused-ring (bicyclic) bond motifs is 1. The first-order valence-corrected chi connectivity index (χ1v) is 10.3. The second-order valence-electron chi connectivity index (χ2n) is 6.65. The van der Waals surface area contributed by atoms with Gasteiger partial charge in [-0.15, -0.1) is 0 Å². The van der Waals surface area contributed by atoms with Crippen molar-refractivity contribution in [2.24, 2.45) is 5.14 Å². The van der Waals surface area contributed by atoms with Gasteiger partial charge in [-0.3, -0.25) is 9.69 Å². The Labute approximate surface area is 164 Å². The zero-order chi connectivity index (χ0) is 20.1. The summed E-state index contributed by atoms with van der Waals surface area (Å²) in [6.45, 7) is 1.57. The number of sulfonamides is 1. The van der Waals surface area contributed by atoms with E-state index >= 15 is 0 Å². The number of rotatable bonds is 8. The Bertz CT molecular complexity index is 945. The summed E-state index contributed by atoms with van der Waals surface area (Å²) in [5, 5.41) is 7.94. The Hall–Kier alpha value is -2.62. The molecular weight excluding hydrogens is 382 g/mol. The number of ether oxygens (including phenoxy) is 2. The van der Waals surface area contributed by atoms with Crippen molar-refractivity contribution in [3.05, 3.63) is 53.6 Å². The van der Waals surface area contributed by atoms with E-state index in [0.717, 1.165) is 22.6 Å². The number of carbonyl (C=O) groups excluding carboxylic acids is 1. The van der Waals surface area contributed by atoms with Gasteiger partial charge in [0.25, 0.3) is 0 Å². The lowest BCUT2D eigenvalue weighted by molar-refractivity contribution is -0.122. The number of amides is 1. The molecule has 150 valence electrons.